The van der Waals surface area contributed by atoms with Crippen molar-refractivity contribution in [2.24, 2.45) is 0 Å². The Kier molecular flexibility index (Phi) is 7.82. The molecular weight excluding hydrogens is 362 g/mol. The van der Waals surface area contributed by atoms with Gasteiger partial charge >= 0.3 is 0 Å². The molecule has 0 heterocycles. The van der Waals surface area contributed by atoms with Gasteiger partial charge in [0.2, 0.25) is 15.9 Å². The Balaban J connectivity index is 1.81. The minimum Gasteiger partial charge on any atom is -0.376 e. The van der Waals surface area contributed by atoms with Gasteiger partial charge in [0, 0.05) is 25.3 Å². The maximum atomic E-state index is 12.4. The Morgan fingerprint density at radius 1 is 0.963 bits per heavy atom. The molecule has 0 fully saturated rings. The first-order chi connectivity index (χ1) is 13.0. The van der Waals surface area contributed by atoms with E-state index >= 15 is 0 Å². The van der Waals surface area contributed by atoms with Crippen molar-refractivity contribution in [1.82, 2.24) is 9.62 Å². The van der Waals surface area contributed by atoms with E-state index in [2.05, 4.69) is 10.6 Å². The number of hydrogen-bond acceptors (Lipinski definition) is 4. The summed E-state index contributed by atoms with van der Waals surface area (Å²) in [6.45, 7) is 5.20. The fourth-order valence-electron chi connectivity index (χ4n) is 2.69. The van der Waals surface area contributed by atoms with Crippen molar-refractivity contribution in [1.29, 1.82) is 0 Å². The summed E-state index contributed by atoms with van der Waals surface area (Å²) in [5.41, 5.74) is 1.88. The highest BCUT2D eigenvalue weighted by Crippen LogP contribution is 2.18. The van der Waals surface area contributed by atoms with Crippen LogP contribution >= 0.6 is 0 Å². The SMILES string of the molecule is CCN(CC)S(=O)(=O)c1ccc(NCC(=O)NCCc2ccccc2)cc1. The highest BCUT2D eigenvalue weighted by atomic mass is 32.2. The smallest absolute Gasteiger partial charge is 0.243 e. The number of amides is 1. The first kappa shape index (κ1) is 20.9. The summed E-state index contributed by atoms with van der Waals surface area (Å²) in [6, 6.07) is 16.4. The van der Waals surface area contributed by atoms with Crippen LogP contribution in [0.5, 0.6) is 0 Å². The zero-order chi connectivity index (χ0) is 19.7. The molecule has 0 aliphatic rings. The summed E-state index contributed by atoms with van der Waals surface area (Å²) < 4.78 is 26.3. The lowest BCUT2D eigenvalue weighted by Crippen LogP contribution is -2.31. The van der Waals surface area contributed by atoms with Crippen LogP contribution in [0.1, 0.15) is 19.4 Å². The molecule has 146 valence electrons. The van der Waals surface area contributed by atoms with Gasteiger partial charge in [0.25, 0.3) is 0 Å². The molecule has 0 saturated carbocycles. The fraction of sp³-hybridized carbons (Fsp3) is 0.350. The van der Waals surface area contributed by atoms with Crippen molar-refractivity contribution in [3.63, 3.8) is 0 Å². The van der Waals surface area contributed by atoms with Crippen molar-refractivity contribution in [2.45, 2.75) is 25.2 Å². The molecule has 2 aromatic rings. The molecule has 0 atom stereocenters. The molecular formula is C20H27N3O3S. The van der Waals surface area contributed by atoms with Gasteiger partial charge in [0.05, 0.1) is 11.4 Å². The molecule has 2 rings (SSSR count). The van der Waals surface area contributed by atoms with E-state index in [4.69, 9.17) is 0 Å². The maximum Gasteiger partial charge on any atom is 0.243 e. The van der Waals surface area contributed by atoms with E-state index in [9.17, 15) is 13.2 Å². The second-order valence-electron chi connectivity index (χ2n) is 6.05. The predicted octanol–water partition coefficient (Wildman–Crippen LogP) is 2.49. The van der Waals surface area contributed by atoms with Gasteiger partial charge in [-0.3, -0.25) is 4.79 Å². The van der Waals surface area contributed by atoms with E-state index in [0.29, 0.717) is 25.3 Å². The van der Waals surface area contributed by atoms with Crippen LogP contribution in [0, 0.1) is 0 Å². The number of sulfonamides is 1. The summed E-state index contributed by atoms with van der Waals surface area (Å²) in [7, 11) is -3.46. The molecule has 2 aromatic carbocycles. The van der Waals surface area contributed by atoms with E-state index in [0.717, 1.165) is 6.42 Å². The molecule has 0 aliphatic heterocycles. The van der Waals surface area contributed by atoms with Crippen LogP contribution in [0.4, 0.5) is 5.69 Å². The molecule has 2 N–H and O–H groups in total. The molecule has 0 aromatic heterocycles. The Morgan fingerprint density at radius 2 is 1.59 bits per heavy atom. The fourth-order valence-corrected chi connectivity index (χ4v) is 4.15. The third kappa shape index (κ3) is 6.08. The van der Waals surface area contributed by atoms with Gasteiger partial charge in [-0.2, -0.15) is 4.31 Å². The lowest BCUT2D eigenvalue weighted by molar-refractivity contribution is -0.119. The highest BCUT2D eigenvalue weighted by molar-refractivity contribution is 7.89. The van der Waals surface area contributed by atoms with Gasteiger partial charge in [-0.15, -0.1) is 0 Å². The second-order valence-corrected chi connectivity index (χ2v) is 7.99. The molecule has 0 spiro atoms. The van der Waals surface area contributed by atoms with Crippen molar-refractivity contribution in [3.8, 4) is 0 Å². The van der Waals surface area contributed by atoms with Crippen LogP contribution in [0.3, 0.4) is 0 Å². The lowest BCUT2D eigenvalue weighted by atomic mass is 10.1. The Hall–Kier alpha value is -2.38. The minimum atomic E-state index is -3.46. The molecule has 0 saturated heterocycles. The largest absolute Gasteiger partial charge is 0.376 e. The topological polar surface area (TPSA) is 78.5 Å². The number of hydrogen-bond donors (Lipinski definition) is 2. The maximum absolute atomic E-state index is 12.4. The van der Waals surface area contributed by atoms with Crippen LogP contribution in [0.15, 0.2) is 59.5 Å². The Morgan fingerprint density at radius 3 is 2.19 bits per heavy atom. The van der Waals surface area contributed by atoms with Crippen molar-refractivity contribution in [3.05, 3.63) is 60.2 Å². The Bertz CT molecular complexity index is 817. The van der Waals surface area contributed by atoms with Crippen molar-refractivity contribution < 1.29 is 13.2 Å². The van der Waals surface area contributed by atoms with Gasteiger partial charge in [-0.1, -0.05) is 44.2 Å². The molecule has 27 heavy (non-hydrogen) atoms. The lowest BCUT2D eigenvalue weighted by Gasteiger charge is -2.18. The zero-order valence-corrected chi connectivity index (χ0v) is 16.6. The standard InChI is InChI=1S/C20H27N3O3S/c1-3-23(4-2)27(25,26)19-12-10-18(11-13-19)22-16-20(24)21-15-14-17-8-6-5-7-9-17/h5-13,22H,3-4,14-16H2,1-2H3,(H,21,24). The number of benzene rings is 2. The van der Waals surface area contributed by atoms with Gasteiger partial charge in [-0.25, -0.2) is 8.42 Å². The Labute approximate surface area is 161 Å². The predicted molar refractivity (Wildman–Crippen MR) is 108 cm³/mol. The van der Waals surface area contributed by atoms with Gasteiger partial charge < -0.3 is 10.6 Å². The highest BCUT2D eigenvalue weighted by Gasteiger charge is 2.21. The third-order valence-corrected chi connectivity index (χ3v) is 6.29. The number of nitrogens with one attached hydrogen (secondary N) is 2. The van der Waals surface area contributed by atoms with Crippen molar-refractivity contribution in [2.75, 3.05) is 31.5 Å². The molecule has 0 bridgehead atoms. The number of nitrogens with zero attached hydrogens (tertiary/aromatic N) is 1. The van der Waals surface area contributed by atoms with Crippen LogP contribution in [0.25, 0.3) is 0 Å². The van der Waals surface area contributed by atoms with Crippen LogP contribution in [-0.4, -0.2) is 44.8 Å². The van der Waals surface area contributed by atoms with Gasteiger partial charge in [0.1, 0.15) is 0 Å². The van der Waals surface area contributed by atoms with Gasteiger partial charge in [-0.05, 0) is 36.2 Å². The van der Waals surface area contributed by atoms with Gasteiger partial charge in [0.15, 0.2) is 0 Å². The normalized spacial score (nSPS) is 11.4. The quantitative estimate of drug-likeness (QED) is 0.654. The average molecular weight is 390 g/mol. The number of carbonyl (C=O) groups is 1. The van der Waals surface area contributed by atoms with Crippen LogP contribution < -0.4 is 10.6 Å². The number of carbonyl (C=O) groups excluding carboxylic acids is 1. The van der Waals surface area contributed by atoms with E-state index in [-0.39, 0.29) is 17.3 Å². The first-order valence-electron chi connectivity index (χ1n) is 9.12. The van der Waals surface area contributed by atoms with E-state index < -0.39 is 10.0 Å². The summed E-state index contributed by atoms with van der Waals surface area (Å²) in [5, 5.41) is 5.87. The summed E-state index contributed by atoms with van der Waals surface area (Å²) in [6.07, 6.45) is 0.782. The monoisotopic (exact) mass is 389 g/mol. The average Bonchev–Trinajstić information content (AvgIpc) is 2.68. The van der Waals surface area contributed by atoms with E-state index in [1.165, 1.54) is 9.87 Å². The molecule has 0 radical (unpaired) electrons. The third-order valence-electron chi connectivity index (χ3n) is 4.23. The number of rotatable bonds is 10. The number of anilines is 1. The second kappa shape index (κ2) is 10.1. The molecule has 0 aliphatic carbocycles. The first-order valence-corrected chi connectivity index (χ1v) is 10.6. The van der Waals surface area contributed by atoms with E-state index in [1.54, 1.807) is 24.3 Å². The summed E-state index contributed by atoms with van der Waals surface area (Å²) in [5.74, 6) is -0.106. The molecule has 7 heteroatoms. The van der Waals surface area contributed by atoms with E-state index in [1.807, 2.05) is 44.2 Å². The van der Waals surface area contributed by atoms with Crippen molar-refractivity contribution >= 4 is 21.6 Å². The van der Waals surface area contributed by atoms with Crippen LogP contribution in [-0.2, 0) is 21.2 Å². The summed E-state index contributed by atoms with van der Waals surface area (Å²) >= 11 is 0. The van der Waals surface area contributed by atoms with Crippen LogP contribution in [0.2, 0.25) is 0 Å². The molecule has 6 nitrogen and oxygen atoms in total. The molecule has 0 unspecified atom stereocenters. The minimum absolute atomic E-state index is 0.106. The molecule has 1 amide bonds. The zero-order valence-electron chi connectivity index (χ0n) is 15.8. The summed E-state index contributed by atoms with van der Waals surface area (Å²) in [4.78, 5) is 12.2.